The number of amides is 1. The monoisotopic (exact) mass is 422 g/mol. The van der Waals surface area contributed by atoms with Crippen LogP contribution in [0.15, 0.2) is 29.2 Å². The molecular weight excluding hydrogens is 388 g/mol. The summed E-state index contributed by atoms with van der Waals surface area (Å²) in [5.41, 5.74) is 1.09. The standard InChI is InChI=1S/C22H34N2O4S/c1-16-14-23(15-17(2)28-16)21(25)18-10-12-24(13-11-18)29(26,27)20-8-6-19(7-9-20)22(3,4)5/h6-9,16-18H,10-15H2,1-5H3. The number of rotatable bonds is 3. The Balaban J connectivity index is 1.63. The van der Waals surface area contributed by atoms with Crippen molar-refractivity contribution < 1.29 is 17.9 Å². The molecule has 0 N–H and O–H groups in total. The molecule has 0 aromatic heterocycles. The molecule has 1 aromatic carbocycles. The summed E-state index contributed by atoms with van der Waals surface area (Å²) < 4.78 is 33.3. The number of hydrogen-bond acceptors (Lipinski definition) is 4. The smallest absolute Gasteiger partial charge is 0.243 e. The van der Waals surface area contributed by atoms with Crippen molar-refractivity contribution in [2.24, 2.45) is 5.92 Å². The Labute approximate surface area is 175 Å². The summed E-state index contributed by atoms with van der Waals surface area (Å²) in [7, 11) is -3.53. The van der Waals surface area contributed by atoms with Crippen molar-refractivity contribution >= 4 is 15.9 Å². The molecule has 1 amide bonds. The van der Waals surface area contributed by atoms with E-state index in [0.29, 0.717) is 43.9 Å². The summed E-state index contributed by atoms with van der Waals surface area (Å²) >= 11 is 0. The zero-order chi connectivity index (χ0) is 21.4. The summed E-state index contributed by atoms with van der Waals surface area (Å²) in [4.78, 5) is 15.1. The highest BCUT2D eigenvalue weighted by Crippen LogP contribution is 2.28. The first kappa shape index (κ1) is 22.2. The first-order valence-electron chi connectivity index (χ1n) is 10.5. The van der Waals surface area contributed by atoms with E-state index in [1.54, 1.807) is 12.1 Å². The topological polar surface area (TPSA) is 66.9 Å². The highest BCUT2D eigenvalue weighted by molar-refractivity contribution is 7.89. The van der Waals surface area contributed by atoms with Crippen molar-refractivity contribution in [3.8, 4) is 0 Å². The molecule has 2 fully saturated rings. The van der Waals surface area contributed by atoms with Gasteiger partial charge in [-0.05, 0) is 49.8 Å². The van der Waals surface area contributed by atoms with Gasteiger partial charge in [0.15, 0.2) is 0 Å². The van der Waals surface area contributed by atoms with E-state index in [1.165, 1.54) is 4.31 Å². The van der Waals surface area contributed by atoms with Crippen molar-refractivity contribution in [2.75, 3.05) is 26.2 Å². The van der Waals surface area contributed by atoms with Crippen LogP contribution in [0, 0.1) is 5.92 Å². The second kappa shape index (κ2) is 8.36. The van der Waals surface area contributed by atoms with Crippen LogP contribution in [-0.2, 0) is 25.0 Å². The average molecular weight is 423 g/mol. The maximum absolute atomic E-state index is 13.0. The molecule has 2 aliphatic rings. The minimum atomic E-state index is -3.53. The van der Waals surface area contributed by atoms with Crippen molar-refractivity contribution in [1.29, 1.82) is 0 Å². The maximum Gasteiger partial charge on any atom is 0.243 e. The van der Waals surface area contributed by atoms with E-state index in [-0.39, 0.29) is 29.4 Å². The molecule has 2 unspecified atom stereocenters. The summed E-state index contributed by atoms with van der Waals surface area (Å²) in [6.07, 6.45) is 1.22. The second-order valence-electron chi connectivity index (χ2n) is 9.45. The molecule has 6 nitrogen and oxygen atoms in total. The van der Waals surface area contributed by atoms with Gasteiger partial charge in [0.2, 0.25) is 15.9 Å². The van der Waals surface area contributed by atoms with Crippen LogP contribution >= 0.6 is 0 Å². The molecular formula is C22H34N2O4S. The number of nitrogens with zero attached hydrogens (tertiary/aromatic N) is 2. The lowest BCUT2D eigenvalue weighted by Crippen LogP contribution is -2.51. The van der Waals surface area contributed by atoms with Gasteiger partial charge in [-0.2, -0.15) is 4.31 Å². The fourth-order valence-electron chi connectivity index (χ4n) is 4.24. The van der Waals surface area contributed by atoms with Crippen LogP contribution in [-0.4, -0.2) is 61.9 Å². The van der Waals surface area contributed by atoms with Gasteiger partial charge in [0.1, 0.15) is 0 Å². The van der Waals surface area contributed by atoms with Gasteiger partial charge < -0.3 is 9.64 Å². The Morgan fingerprint density at radius 1 is 1.00 bits per heavy atom. The number of piperidine rings is 1. The van der Waals surface area contributed by atoms with E-state index in [9.17, 15) is 13.2 Å². The van der Waals surface area contributed by atoms with E-state index < -0.39 is 10.0 Å². The molecule has 0 spiro atoms. The number of benzene rings is 1. The minimum absolute atomic E-state index is 0.0184. The number of ether oxygens (including phenoxy) is 1. The predicted molar refractivity (Wildman–Crippen MR) is 113 cm³/mol. The Hall–Kier alpha value is -1.44. The fourth-order valence-corrected chi connectivity index (χ4v) is 5.70. The van der Waals surface area contributed by atoms with Crippen molar-refractivity contribution in [1.82, 2.24) is 9.21 Å². The van der Waals surface area contributed by atoms with E-state index in [1.807, 2.05) is 30.9 Å². The summed E-state index contributed by atoms with van der Waals surface area (Å²) in [6, 6.07) is 7.18. The first-order chi connectivity index (χ1) is 13.5. The highest BCUT2D eigenvalue weighted by Gasteiger charge is 2.35. The number of carbonyl (C=O) groups excluding carboxylic acids is 1. The van der Waals surface area contributed by atoms with Crippen LogP contribution in [0.25, 0.3) is 0 Å². The van der Waals surface area contributed by atoms with Gasteiger partial charge in [0, 0.05) is 32.1 Å². The molecule has 0 radical (unpaired) electrons. The number of carbonyl (C=O) groups is 1. The number of sulfonamides is 1. The van der Waals surface area contributed by atoms with Crippen molar-refractivity contribution in [2.45, 2.75) is 70.0 Å². The molecule has 29 heavy (non-hydrogen) atoms. The Bertz CT molecular complexity index is 811. The third-order valence-electron chi connectivity index (χ3n) is 5.89. The minimum Gasteiger partial charge on any atom is -0.372 e. The average Bonchev–Trinajstić information content (AvgIpc) is 2.66. The van der Waals surface area contributed by atoms with Crippen LogP contribution in [0.4, 0.5) is 0 Å². The van der Waals surface area contributed by atoms with E-state index in [4.69, 9.17) is 4.74 Å². The lowest BCUT2D eigenvalue weighted by molar-refractivity contribution is -0.148. The molecule has 0 aliphatic carbocycles. The van der Waals surface area contributed by atoms with E-state index in [2.05, 4.69) is 20.8 Å². The Kier molecular flexibility index (Phi) is 6.41. The molecule has 7 heteroatoms. The normalized spacial score (nSPS) is 25.2. The van der Waals surface area contributed by atoms with Crippen LogP contribution in [0.3, 0.4) is 0 Å². The molecule has 0 bridgehead atoms. The van der Waals surface area contributed by atoms with Gasteiger partial charge in [-0.3, -0.25) is 4.79 Å². The number of morpholine rings is 1. The van der Waals surface area contributed by atoms with Crippen LogP contribution in [0.5, 0.6) is 0 Å². The summed E-state index contributed by atoms with van der Waals surface area (Å²) in [6.45, 7) is 12.3. The van der Waals surface area contributed by atoms with Crippen molar-refractivity contribution in [3.05, 3.63) is 29.8 Å². The molecule has 3 rings (SSSR count). The van der Waals surface area contributed by atoms with Crippen LogP contribution in [0.2, 0.25) is 0 Å². The molecule has 2 saturated heterocycles. The molecule has 2 atom stereocenters. The first-order valence-corrected chi connectivity index (χ1v) is 12.0. The van der Waals surface area contributed by atoms with Gasteiger partial charge in [-0.1, -0.05) is 32.9 Å². The van der Waals surface area contributed by atoms with Crippen molar-refractivity contribution in [3.63, 3.8) is 0 Å². The zero-order valence-electron chi connectivity index (χ0n) is 18.2. The Morgan fingerprint density at radius 2 is 1.52 bits per heavy atom. The third kappa shape index (κ3) is 5.01. The van der Waals surface area contributed by atoms with Gasteiger partial charge in [-0.15, -0.1) is 0 Å². The largest absolute Gasteiger partial charge is 0.372 e. The molecule has 2 heterocycles. The summed E-state index contributed by atoms with van der Waals surface area (Å²) in [5, 5.41) is 0. The highest BCUT2D eigenvalue weighted by atomic mass is 32.2. The van der Waals surface area contributed by atoms with Crippen LogP contribution in [0.1, 0.15) is 53.0 Å². The second-order valence-corrected chi connectivity index (χ2v) is 11.4. The Morgan fingerprint density at radius 3 is 2.00 bits per heavy atom. The SMILES string of the molecule is CC1CN(C(=O)C2CCN(S(=O)(=O)c3ccc(C(C)(C)C)cc3)CC2)CC(C)O1. The molecule has 1 aromatic rings. The number of hydrogen-bond donors (Lipinski definition) is 0. The predicted octanol–water partition coefficient (Wildman–Crippen LogP) is 3.02. The van der Waals surface area contributed by atoms with Gasteiger partial charge in [-0.25, -0.2) is 8.42 Å². The maximum atomic E-state index is 13.0. The molecule has 0 saturated carbocycles. The molecule has 162 valence electrons. The third-order valence-corrected chi connectivity index (χ3v) is 7.81. The van der Waals surface area contributed by atoms with E-state index >= 15 is 0 Å². The summed E-state index contributed by atoms with van der Waals surface area (Å²) in [5.74, 6) is 0.0285. The fraction of sp³-hybridized carbons (Fsp3) is 0.682. The molecule has 2 aliphatic heterocycles. The van der Waals surface area contributed by atoms with Gasteiger partial charge in [0.25, 0.3) is 0 Å². The van der Waals surface area contributed by atoms with Crippen LogP contribution < -0.4 is 0 Å². The lowest BCUT2D eigenvalue weighted by atomic mass is 9.87. The van der Waals surface area contributed by atoms with Gasteiger partial charge >= 0.3 is 0 Å². The zero-order valence-corrected chi connectivity index (χ0v) is 19.0. The lowest BCUT2D eigenvalue weighted by Gasteiger charge is -2.39. The van der Waals surface area contributed by atoms with E-state index in [0.717, 1.165) is 5.56 Å². The van der Waals surface area contributed by atoms with Gasteiger partial charge in [0.05, 0.1) is 17.1 Å². The quantitative estimate of drug-likeness (QED) is 0.751.